The molecule has 2 rings (SSSR count). The fourth-order valence-electron chi connectivity index (χ4n) is 2.40. The average molecular weight is 326 g/mol. The van der Waals surface area contributed by atoms with Gasteiger partial charge >= 0.3 is 0 Å². The van der Waals surface area contributed by atoms with E-state index in [1.54, 1.807) is 6.20 Å². The van der Waals surface area contributed by atoms with Gasteiger partial charge in [0.2, 0.25) is 5.91 Å². The Morgan fingerprint density at radius 2 is 2.05 bits per heavy atom. The van der Waals surface area contributed by atoms with Crippen molar-refractivity contribution in [2.75, 3.05) is 27.2 Å². The summed E-state index contributed by atoms with van der Waals surface area (Å²) in [5, 5.41) is 2.87. The van der Waals surface area contributed by atoms with Gasteiger partial charge in [-0.2, -0.15) is 17.0 Å². The SMILES string of the molecule is CN(C)S(=O)(=O)N1CCC(C(=O)NCc2ccccn2)CC1. The van der Waals surface area contributed by atoms with Crippen LogP contribution in [0.1, 0.15) is 18.5 Å². The first-order chi connectivity index (χ1) is 10.4. The summed E-state index contributed by atoms with van der Waals surface area (Å²) in [6.45, 7) is 1.15. The molecule has 122 valence electrons. The Kier molecular flexibility index (Phi) is 5.49. The molecule has 0 saturated carbocycles. The fraction of sp³-hybridized carbons (Fsp3) is 0.571. The molecular formula is C14H22N4O3S. The number of pyridine rings is 1. The van der Waals surface area contributed by atoms with Gasteiger partial charge in [-0.15, -0.1) is 0 Å². The number of amides is 1. The quantitative estimate of drug-likeness (QED) is 0.839. The van der Waals surface area contributed by atoms with Gasteiger partial charge in [0.15, 0.2) is 0 Å². The lowest BCUT2D eigenvalue weighted by molar-refractivity contribution is -0.126. The van der Waals surface area contributed by atoms with Gasteiger partial charge in [-0.1, -0.05) is 6.07 Å². The van der Waals surface area contributed by atoms with Crippen LogP contribution in [0.2, 0.25) is 0 Å². The molecule has 1 saturated heterocycles. The molecule has 0 bridgehead atoms. The molecule has 8 heteroatoms. The van der Waals surface area contributed by atoms with Crippen molar-refractivity contribution in [1.29, 1.82) is 0 Å². The number of nitrogens with zero attached hydrogens (tertiary/aromatic N) is 3. The van der Waals surface area contributed by atoms with E-state index in [2.05, 4.69) is 10.3 Å². The van der Waals surface area contributed by atoms with E-state index in [1.807, 2.05) is 18.2 Å². The third-order valence-corrected chi connectivity index (χ3v) is 5.72. The number of piperidine rings is 1. The van der Waals surface area contributed by atoms with Gasteiger partial charge in [-0.05, 0) is 25.0 Å². The highest BCUT2D eigenvalue weighted by molar-refractivity contribution is 7.86. The number of carbonyl (C=O) groups is 1. The number of aromatic nitrogens is 1. The van der Waals surface area contributed by atoms with Gasteiger partial charge in [-0.25, -0.2) is 0 Å². The lowest BCUT2D eigenvalue weighted by Crippen LogP contribution is -2.46. The number of nitrogens with one attached hydrogen (secondary N) is 1. The number of carbonyl (C=O) groups excluding carboxylic acids is 1. The van der Waals surface area contributed by atoms with E-state index in [1.165, 1.54) is 22.7 Å². The molecule has 1 aromatic rings. The molecule has 0 radical (unpaired) electrons. The van der Waals surface area contributed by atoms with Gasteiger partial charge in [0.1, 0.15) is 0 Å². The fourth-order valence-corrected chi connectivity index (χ4v) is 3.54. The van der Waals surface area contributed by atoms with E-state index in [-0.39, 0.29) is 11.8 Å². The van der Waals surface area contributed by atoms with Crippen molar-refractivity contribution in [3.05, 3.63) is 30.1 Å². The van der Waals surface area contributed by atoms with Crippen LogP contribution in [0.25, 0.3) is 0 Å². The zero-order valence-electron chi connectivity index (χ0n) is 12.9. The maximum atomic E-state index is 12.1. The third-order valence-electron chi connectivity index (χ3n) is 3.78. The Hall–Kier alpha value is -1.51. The predicted molar refractivity (Wildman–Crippen MR) is 83.0 cm³/mol. The Morgan fingerprint density at radius 3 is 2.59 bits per heavy atom. The van der Waals surface area contributed by atoms with Gasteiger partial charge in [0.05, 0.1) is 12.2 Å². The zero-order chi connectivity index (χ0) is 16.2. The topological polar surface area (TPSA) is 82.6 Å². The van der Waals surface area contributed by atoms with Crippen LogP contribution in [0.4, 0.5) is 0 Å². The average Bonchev–Trinajstić information content (AvgIpc) is 2.53. The summed E-state index contributed by atoms with van der Waals surface area (Å²) in [4.78, 5) is 16.3. The molecule has 0 unspecified atom stereocenters. The van der Waals surface area contributed by atoms with E-state index < -0.39 is 10.2 Å². The highest BCUT2D eigenvalue weighted by Gasteiger charge is 2.32. The van der Waals surface area contributed by atoms with E-state index in [0.717, 1.165) is 5.69 Å². The number of hydrogen-bond acceptors (Lipinski definition) is 4. The molecule has 7 nitrogen and oxygen atoms in total. The minimum absolute atomic E-state index is 0.0347. The molecule has 1 N–H and O–H groups in total. The highest BCUT2D eigenvalue weighted by Crippen LogP contribution is 2.20. The molecule has 0 aromatic carbocycles. The molecule has 2 heterocycles. The van der Waals surface area contributed by atoms with E-state index in [0.29, 0.717) is 32.5 Å². The largest absolute Gasteiger partial charge is 0.350 e. The number of hydrogen-bond donors (Lipinski definition) is 1. The van der Waals surface area contributed by atoms with Gasteiger partial charge in [-0.3, -0.25) is 9.78 Å². The van der Waals surface area contributed by atoms with Crippen LogP contribution in [0.3, 0.4) is 0 Å². The second-order valence-electron chi connectivity index (χ2n) is 5.50. The van der Waals surface area contributed by atoms with Gasteiger partial charge in [0.25, 0.3) is 10.2 Å². The Balaban J connectivity index is 1.83. The molecule has 1 aromatic heterocycles. The summed E-state index contributed by atoms with van der Waals surface area (Å²) in [6, 6.07) is 5.55. The molecule has 22 heavy (non-hydrogen) atoms. The highest BCUT2D eigenvalue weighted by atomic mass is 32.2. The second kappa shape index (κ2) is 7.17. The first-order valence-corrected chi connectivity index (χ1v) is 8.66. The van der Waals surface area contributed by atoms with Crippen molar-refractivity contribution in [3.8, 4) is 0 Å². The van der Waals surface area contributed by atoms with Crippen molar-refractivity contribution in [3.63, 3.8) is 0 Å². The molecule has 0 atom stereocenters. The maximum Gasteiger partial charge on any atom is 0.281 e. The first-order valence-electron chi connectivity index (χ1n) is 7.26. The standard InChI is InChI=1S/C14H22N4O3S/c1-17(2)22(20,21)18-9-6-12(7-10-18)14(19)16-11-13-5-3-4-8-15-13/h3-5,8,12H,6-7,9-11H2,1-2H3,(H,16,19). The maximum absolute atomic E-state index is 12.1. The van der Waals surface area contributed by atoms with Crippen LogP contribution < -0.4 is 5.32 Å². The van der Waals surface area contributed by atoms with Gasteiger partial charge in [0, 0.05) is 39.3 Å². The van der Waals surface area contributed by atoms with Crippen molar-refractivity contribution in [1.82, 2.24) is 18.9 Å². The van der Waals surface area contributed by atoms with Crippen molar-refractivity contribution < 1.29 is 13.2 Å². The smallest absolute Gasteiger partial charge is 0.281 e. The minimum Gasteiger partial charge on any atom is -0.350 e. The van der Waals surface area contributed by atoms with Crippen LogP contribution >= 0.6 is 0 Å². The normalized spacial score (nSPS) is 17.6. The van der Waals surface area contributed by atoms with E-state index in [4.69, 9.17) is 0 Å². The van der Waals surface area contributed by atoms with Crippen molar-refractivity contribution in [2.24, 2.45) is 5.92 Å². The Bertz CT molecular complexity index is 596. The third kappa shape index (κ3) is 4.02. The summed E-state index contributed by atoms with van der Waals surface area (Å²) in [5.74, 6) is -0.176. The van der Waals surface area contributed by atoms with Crippen LogP contribution in [0.5, 0.6) is 0 Å². The van der Waals surface area contributed by atoms with Crippen LogP contribution in [-0.4, -0.2) is 55.1 Å². The lowest BCUT2D eigenvalue weighted by atomic mass is 9.97. The van der Waals surface area contributed by atoms with E-state index in [9.17, 15) is 13.2 Å². The van der Waals surface area contributed by atoms with Crippen LogP contribution in [-0.2, 0) is 21.5 Å². The molecular weight excluding hydrogens is 304 g/mol. The summed E-state index contributed by atoms with van der Waals surface area (Å²) in [6.07, 6.45) is 2.77. The lowest BCUT2D eigenvalue weighted by Gasteiger charge is -2.32. The summed E-state index contributed by atoms with van der Waals surface area (Å²) < 4.78 is 26.7. The molecule has 1 fully saturated rings. The monoisotopic (exact) mass is 326 g/mol. The molecule has 0 aliphatic carbocycles. The minimum atomic E-state index is -3.38. The molecule has 1 aliphatic heterocycles. The summed E-state index contributed by atoms with van der Waals surface area (Å²) in [7, 11) is -0.350. The molecule has 1 aliphatic rings. The Morgan fingerprint density at radius 1 is 1.36 bits per heavy atom. The first kappa shape index (κ1) is 16.9. The second-order valence-corrected chi connectivity index (χ2v) is 7.64. The summed E-state index contributed by atoms with van der Waals surface area (Å²) in [5.41, 5.74) is 0.809. The number of rotatable bonds is 5. The predicted octanol–water partition coefficient (Wildman–Crippen LogP) is 0.216. The van der Waals surface area contributed by atoms with Crippen LogP contribution in [0.15, 0.2) is 24.4 Å². The molecule has 1 amide bonds. The van der Waals surface area contributed by atoms with Crippen molar-refractivity contribution in [2.45, 2.75) is 19.4 Å². The summed E-state index contributed by atoms with van der Waals surface area (Å²) >= 11 is 0. The molecule has 0 spiro atoms. The van der Waals surface area contributed by atoms with Gasteiger partial charge < -0.3 is 5.32 Å². The Labute approximate surface area is 131 Å². The van der Waals surface area contributed by atoms with E-state index >= 15 is 0 Å². The zero-order valence-corrected chi connectivity index (χ0v) is 13.7. The van der Waals surface area contributed by atoms with Crippen LogP contribution in [0, 0.1) is 5.92 Å². The van der Waals surface area contributed by atoms with Crippen molar-refractivity contribution >= 4 is 16.1 Å².